The summed E-state index contributed by atoms with van der Waals surface area (Å²) in [4.78, 5) is 11.0. The second-order valence-electron chi connectivity index (χ2n) is 4.76. The predicted molar refractivity (Wildman–Crippen MR) is 84.0 cm³/mol. The minimum Gasteiger partial charge on any atom is -0.495 e. The van der Waals surface area contributed by atoms with E-state index in [0.29, 0.717) is 11.1 Å². The van der Waals surface area contributed by atoms with Crippen LogP contribution in [0.25, 0.3) is 10.8 Å². The first kappa shape index (κ1) is 16.5. The van der Waals surface area contributed by atoms with Crippen LogP contribution < -0.4 is 10.5 Å². The Bertz CT molecular complexity index is 863. The lowest BCUT2D eigenvalue weighted by Gasteiger charge is -2.16. The van der Waals surface area contributed by atoms with Crippen LogP contribution in [-0.4, -0.2) is 25.3 Å². The second-order valence-corrected chi connectivity index (χ2v) is 6.49. The van der Waals surface area contributed by atoms with E-state index in [2.05, 4.69) is 0 Å². The summed E-state index contributed by atoms with van der Waals surface area (Å²) < 4.78 is 38.2. The van der Waals surface area contributed by atoms with Crippen LogP contribution in [-0.2, 0) is 14.9 Å². The maximum absolute atomic E-state index is 11.8. The molecule has 0 aromatic heterocycles. The molecule has 2 aromatic carbocycles. The summed E-state index contributed by atoms with van der Waals surface area (Å²) in [5, 5.41) is -0.140. The number of methoxy groups -OCH3 is 1. The molecule has 3 N–H and O–H groups in total. The molecule has 118 valence electrons. The third kappa shape index (κ3) is 2.75. The maximum Gasteiger partial charge on any atom is 0.295 e. The molecule has 0 aliphatic heterocycles. The molecule has 0 spiro atoms. The first-order valence-electron chi connectivity index (χ1n) is 6.24. The highest BCUT2D eigenvalue weighted by Gasteiger charge is 2.26. The van der Waals surface area contributed by atoms with Crippen LogP contribution in [0, 0.1) is 0 Å². The zero-order chi connectivity index (χ0) is 16.7. The Morgan fingerprint density at radius 2 is 1.86 bits per heavy atom. The highest BCUT2D eigenvalue weighted by molar-refractivity contribution is 7.86. The Kier molecular flexibility index (Phi) is 4.32. The summed E-state index contributed by atoms with van der Waals surface area (Å²) in [6, 6.07) is 5.92. The first-order chi connectivity index (χ1) is 10.2. The molecule has 0 aliphatic carbocycles. The standard InChI is InChI=1S/C14H14ClNO5S/c1-7(14(15)17)8-3-4-9-10(13(8)22(18,19)20)5-6-11(21-2)12(9)16/h3-7H,16H2,1-2H3,(H,18,19,20). The number of hydrogen-bond acceptors (Lipinski definition) is 5. The van der Waals surface area contributed by atoms with Crippen molar-refractivity contribution in [3.05, 3.63) is 29.8 Å². The van der Waals surface area contributed by atoms with Gasteiger partial charge in [-0.25, -0.2) is 0 Å². The second kappa shape index (κ2) is 5.75. The average molecular weight is 344 g/mol. The molecule has 1 unspecified atom stereocenters. The van der Waals surface area contributed by atoms with E-state index in [-0.39, 0.29) is 21.5 Å². The number of carbonyl (C=O) groups excluding carboxylic acids is 1. The Balaban J connectivity index is 2.95. The van der Waals surface area contributed by atoms with E-state index in [9.17, 15) is 17.8 Å². The fraction of sp³-hybridized carbons (Fsp3) is 0.214. The Labute approximate surface area is 132 Å². The van der Waals surface area contributed by atoms with Crippen molar-refractivity contribution in [1.82, 2.24) is 0 Å². The minimum absolute atomic E-state index is 0.111. The highest BCUT2D eigenvalue weighted by atomic mass is 35.5. The SMILES string of the molecule is COc1ccc2c(S(=O)(=O)O)c(C(C)C(=O)Cl)ccc2c1N. The topological polar surface area (TPSA) is 107 Å². The number of anilines is 1. The summed E-state index contributed by atoms with van der Waals surface area (Å²) in [7, 11) is -3.15. The van der Waals surface area contributed by atoms with Crippen LogP contribution in [0.1, 0.15) is 18.4 Å². The average Bonchev–Trinajstić information content (AvgIpc) is 2.44. The lowest BCUT2D eigenvalue weighted by Crippen LogP contribution is -2.11. The molecule has 8 heteroatoms. The number of nitrogens with two attached hydrogens (primary N) is 1. The summed E-state index contributed by atoms with van der Waals surface area (Å²) in [5.41, 5.74) is 6.28. The first-order valence-corrected chi connectivity index (χ1v) is 8.06. The fourth-order valence-corrected chi connectivity index (χ4v) is 3.44. The highest BCUT2D eigenvalue weighted by Crippen LogP contribution is 2.37. The Hall–Kier alpha value is -1.83. The largest absolute Gasteiger partial charge is 0.495 e. The number of hydrogen-bond donors (Lipinski definition) is 2. The lowest BCUT2D eigenvalue weighted by atomic mass is 9.97. The normalized spacial score (nSPS) is 13.1. The molecule has 0 heterocycles. The molecule has 0 bridgehead atoms. The smallest absolute Gasteiger partial charge is 0.295 e. The molecular formula is C14H14ClNO5S. The number of carbonyl (C=O) groups is 1. The van der Waals surface area contributed by atoms with Gasteiger partial charge in [-0.2, -0.15) is 8.42 Å². The number of fused-ring (bicyclic) bond motifs is 1. The minimum atomic E-state index is -4.58. The molecular weight excluding hydrogens is 330 g/mol. The Morgan fingerprint density at radius 1 is 1.27 bits per heavy atom. The van der Waals surface area contributed by atoms with Crippen LogP contribution in [0.3, 0.4) is 0 Å². The zero-order valence-electron chi connectivity index (χ0n) is 11.8. The third-order valence-corrected chi connectivity index (χ3v) is 4.77. The number of ether oxygens (including phenoxy) is 1. The van der Waals surface area contributed by atoms with Gasteiger partial charge in [-0.15, -0.1) is 0 Å². The summed E-state index contributed by atoms with van der Waals surface area (Å²) in [6.07, 6.45) is 0. The summed E-state index contributed by atoms with van der Waals surface area (Å²) >= 11 is 5.45. The van der Waals surface area contributed by atoms with Crippen molar-refractivity contribution in [3.63, 3.8) is 0 Å². The van der Waals surface area contributed by atoms with E-state index in [1.807, 2.05) is 0 Å². The van der Waals surface area contributed by atoms with Crippen LogP contribution in [0.2, 0.25) is 0 Å². The molecule has 0 saturated heterocycles. The number of benzene rings is 2. The molecule has 2 aromatic rings. The van der Waals surface area contributed by atoms with Crippen LogP contribution in [0.4, 0.5) is 5.69 Å². The van der Waals surface area contributed by atoms with Gasteiger partial charge in [0.25, 0.3) is 10.1 Å². The molecule has 0 amide bonds. The lowest BCUT2D eigenvalue weighted by molar-refractivity contribution is -0.112. The molecule has 22 heavy (non-hydrogen) atoms. The van der Waals surface area contributed by atoms with Gasteiger partial charge in [0.1, 0.15) is 10.6 Å². The van der Waals surface area contributed by atoms with Crippen molar-refractivity contribution in [2.24, 2.45) is 0 Å². The number of rotatable bonds is 4. The van der Waals surface area contributed by atoms with Crippen molar-refractivity contribution in [1.29, 1.82) is 0 Å². The predicted octanol–water partition coefficient (Wildman–Crippen LogP) is 2.55. The van der Waals surface area contributed by atoms with Gasteiger partial charge in [0.15, 0.2) is 0 Å². The number of halogens is 1. The number of nitrogen functional groups attached to an aromatic ring is 1. The van der Waals surface area contributed by atoms with Crippen molar-refractivity contribution in [3.8, 4) is 5.75 Å². The summed E-state index contributed by atoms with van der Waals surface area (Å²) in [6.45, 7) is 1.46. The third-order valence-electron chi connectivity index (χ3n) is 3.47. The van der Waals surface area contributed by atoms with E-state index in [0.717, 1.165) is 0 Å². The van der Waals surface area contributed by atoms with E-state index in [1.165, 1.54) is 32.2 Å². The molecule has 1 atom stereocenters. The maximum atomic E-state index is 11.8. The molecule has 0 radical (unpaired) electrons. The van der Waals surface area contributed by atoms with Gasteiger partial charge in [-0.05, 0) is 29.3 Å². The van der Waals surface area contributed by atoms with E-state index in [1.54, 1.807) is 6.07 Å². The van der Waals surface area contributed by atoms with Gasteiger partial charge >= 0.3 is 0 Å². The molecule has 0 aliphatic rings. The monoisotopic (exact) mass is 343 g/mol. The molecule has 0 fully saturated rings. The van der Waals surface area contributed by atoms with Gasteiger partial charge in [-0.1, -0.05) is 19.1 Å². The van der Waals surface area contributed by atoms with Gasteiger partial charge in [0.05, 0.1) is 18.7 Å². The van der Waals surface area contributed by atoms with Crippen LogP contribution in [0.5, 0.6) is 5.75 Å². The van der Waals surface area contributed by atoms with Crippen molar-refractivity contribution >= 4 is 43.4 Å². The van der Waals surface area contributed by atoms with Gasteiger partial charge in [0.2, 0.25) is 5.24 Å². The Morgan fingerprint density at radius 3 is 2.36 bits per heavy atom. The van der Waals surface area contributed by atoms with Crippen molar-refractivity contribution in [2.45, 2.75) is 17.7 Å². The molecule has 2 rings (SSSR count). The zero-order valence-corrected chi connectivity index (χ0v) is 13.4. The van der Waals surface area contributed by atoms with Gasteiger partial charge in [-0.3, -0.25) is 9.35 Å². The van der Waals surface area contributed by atoms with E-state index in [4.69, 9.17) is 22.1 Å². The van der Waals surface area contributed by atoms with E-state index >= 15 is 0 Å². The molecule has 0 saturated carbocycles. The van der Waals surface area contributed by atoms with Gasteiger partial charge in [0, 0.05) is 10.8 Å². The van der Waals surface area contributed by atoms with Crippen LogP contribution >= 0.6 is 11.6 Å². The van der Waals surface area contributed by atoms with E-state index < -0.39 is 21.3 Å². The summed E-state index contributed by atoms with van der Waals surface area (Å²) in [5.74, 6) is -0.519. The van der Waals surface area contributed by atoms with Crippen LogP contribution in [0.15, 0.2) is 29.2 Å². The quantitative estimate of drug-likeness (QED) is 0.502. The van der Waals surface area contributed by atoms with Gasteiger partial charge < -0.3 is 10.5 Å². The van der Waals surface area contributed by atoms with Crippen molar-refractivity contribution < 1.29 is 22.5 Å². The fourth-order valence-electron chi connectivity index (χ4n) is 2.33. The molecule has 6 nitrogen and oxygen atoms in total. The van der Waals surface area contributed by atoms with Crippen molar-refractivity contribution in [2.75, 3.05) is 12.8 Å².